The highest BCUT2D eigenvalue weighted by atomic mass is 35.5. The normalized spacial score (nSPS) is 11.4. The molecular weight excluding hydrogens is 529 g/mol. The summed E-state index contributed by atoms with van der Waals surface area (Å²) in [5, 5.41) is 10.2. The van der Waals surface area contributed by atoms with Gasteiger partial charge in [-0.15, -0.1) is 11.8 Å². The van der Waals surface area contributed by atoms with E-state index in [1.807, 2.05) is 85.8 Å². The van der Waals surface area contributed by atoms with Gasteiger partial charge in [0.25, 0.3) is 0 Å². The summed E-state index contributed by atoms with van der Waals surface area (Å²) in [5.74, 6) is -0.167. The molecule has 0 aliphatic carbocycles. The molecule has 36 heavy (non-hydrogen) atoms. The third-order valence-corrected chi connectivity index (χ3v) is 7.37. The molecule has 1 amide bonds. The molecule has 0 aliphatic rings. The van der Waals surface area contributed by atoms with Crippen molar-refractivity contribution in [2.45, 2.75) is 17.1 Å². The lowest BCUT2D eigenvalue weighted by molar-refractivity contribution is -0.115. The summed E-state index contributed by atoms with van der Waals surface area (Å²) in [6.07, 6.45) is 0. The van der Waals surface area contributed by atoms with E-state index in [2.05, 4.69) is 16.0 Å². The summed E-state index contributed by atoms with van der Waals surface area (Å²) >= 11 is 19.1. The molecule has 4 aromatic rings. The van der Waals surface area contributed by atoms with E-state index in [-0.39, 0.29) is 5.91 Å². The van der Waals surface area contributed by atoms with Gasteiger partial charge >= 0.3 is 0 Å². The standard InChI is InChI=1S/C28H23Cl2N3OS2/c1-18-10-12-20(13-11-18)32-28(35)33-21-8-5-9-23(16-21)36-26(19-6-3-2-4-7-19)27(34)31-22-14-15-24(29)25(30)17-22/h2-17,26H,1H3,(H,31,34)(H2,32,33,35). The molecule has 0 aromatic heterocycles. The maximum atomic E-state index is 13.3. The van der Waals surface area contributed by atoms with E-state index in [0.717, 1.165) is 21.8 Å². The Hall–Kier alpha value is -3.03. The lowest BCUT2D eigenvalue weighted by Gasteiger charge is -2.18. The van der Waals surface area contributed by atoms with Crippen LogP contribution < -0.4 is 16.0 Å². The van der Waals surface area contributed by atoms with Crippen LogP contribution in [0.25, 0.3) is 0 Å². The molecular formula is C28H23Cl2N3OS2. The number of benzene rings is 4. The van der Waals surface area contributed by atoms with Crippen molar-refractivity contribution in [3.05, 3.63) is 118 Å². The largest absolute Gasteiger partial charge is 0.332 e. The van der Waals surface area contributed by atoms with Crippen LogP contribution in [0.5, 0.6) is 0 Å². The quantitative estimate of drug-likeness (QED) is 0.158. The number of hydrogen-bond donors (Lipinski definition) is 3. The molecule has 0 heterocycles. The molecule has 4 aromatic carbocycles. The van der Waals surface area contributed by atoms with Crippen LogP contribution in [0.1, 0.15) is 16.4 Å². The van der Waals surface area contributed by atoms with E-state index in [1.54, 1.807) is 18.2 Å². The van der Waals surface area contributed by atoms with Crippen LogP contribution in [0.3, 0.4) is 0 Å². The van der Waals surface area contributed by atoms with E-state index in [1.165, 1.54) is 17.3 Å². The second-order valence-corrected chi connectivity index (χ2v) is 10.4. The average Bonchev–Trinajstić information content (AvgIpc) is 2.87. The van der Waals surface area contributed by atoms with Gasteiger partial charge in [0.15, 0.2) is 5.11 Å². The van der Waals surface area contributed by atoms with Crippen molar-refractivity contribution in [1.82, 2.24) is 0 Å². The summed E-state index contributed by atoms with van der Waals surface area (Å²) in [6.45, 7) is 2.04. The fourth-order valence-corrected chi connectivity index (χ4v) is 5.01. The Morgan fingerprint density at radius 2 is 1.42 bits per heavy atom. The van der Waals surface area contributed by atoms with Crippen LogP contribution in [0.4, 0.5) is 17.1 Å². The lowest BCUT2D eigenvalue weighted by atomic mass is 10.1. The van der Waals surface area contributed by atoms with Gasteiger partial charge in [0.05, 0.1) is 10.0 Å². The fourth-order valence-electron chi connectivity index (χ4n) is 3.40. The molecule has 0 spiro atoms. The number of anilines is 3. The van der Waals surface area contributed by atoms with Gasteiger partial charge in [-0.1, -0.05) is 77.3 Å². The van der Waals surface area contributed by atoms with E-state index >= 15 is 0 Å². The zero-order chi connectivity index (χ0) is 25.5. The number of halogens is 2. The minimum Gasteiger partial charge on any atom is -0.332 e. The first-order chi connectivity index (χ1) is 17.4. The second kappa shape index (κ2) is 12.3. The monoisotopic (exact) mass is 551 g/mol. The van der Waals surface area contributed by atoms with Crippen molar-refractivity contribution in [2.75, 3.05) is 16.0 Å². The zero-order valence-corrected chi connectivity index (χ0v) is 22.4. The van der Waals surface area contributed by atoms with E-state index < -0.39 is 5.25 Å². The Morgan fingerprint density at radius 1 is 0.750 bits per heavy atom. The number of rotatable bonds is 7. The fraction of sp³-hybridized carbons (Fsp3) is 0.0714. The smallest absolute Gasteiger partial charge is 0.242 e. The van der Waals surface area contributed by atoms with Crippen molar-refractivity contribution in [3.63, 3.8) is 0 Å². The number of hydrogen-bond acceptors (Lipinski definition) is 3. The van der Waals surface area contributed by atoms with Gasteiger partial charge in [0, 0.05) is 22.0 Å². The summed E-state index contributed by atoms with van der Waals surface area (Å²) in [7, 11) is 0. The van der Waals surface area contributed by atoms with Crippen LogP contribution in [0, 0.1) is 6.92 Å². The van der Waals surface area contributed by atoms with E-state index in [4.69, 9.17) is 35.4 Å². The number of carbonyl (C=O) groups excluding carboxylic acids is 1. The molecule has 0 fully saturated rings. The molecule has 0 bridgehead atoms. The van der Waals surface area contributed by atoms with Gasteiger partial charge < -0.3 is 16.0 Å². The molecule has 0 aliphatic heterocycles. The van der Waals surface area contributed by atoms with Crippen molar-refractivity contribution in [3.8, 4) is 0 Å². The van der Waals surface area contributed by atoms with Gasteiger partial charge in [0.2, 0.25) is 5.91 Å². The van der Waals surface area contributed by atoms with Crippen molar-refractivity contribution in [1.29, 1.82) is 0 Å². The molecule has 0 radical (unpaired) electrons. The maximum Gasteiger partial charge on any atom is 0.242 e. The number of thioether (sulfide) groups is 1. The Labute approximate surface area is 230 Å². The summed E-state index contributed by atoms with van der Waals surface area (Å²) in [6, 6.07) is 30.5. The molecule has 182 valence electrons. The molecule has 1 atom stereocenters. The Morgan fingerprint density at radius 3 is 2.14 bits per heavy atom. The van der Waals surface area contributed by atoms with Crippen LogP contribution in [-0.2, 0) is 4.79 Å². The molecule has 3 N–H and O–H groups in total. The highest BCUT2D eigenvalue weighted by molar-refractivity contribution is 8.00. The molecule has 8 heteroatoms. The van der Waals surface area contributed by atoms with Crippen LogP contribution in [0.2, 0.25) is 10.0 Å². The van der Waals surface area contributed by atoms with Gasteiger partial charge in [-0.3, -0.25) is 4.79 Å². The van der Waals surface area contributed by atoms with E-state index in [9.17, 15) is 4.79 Å². The maximum absolute atomic E-state index is 13.3. The minimum atomic E-state index is -0.492. The van der Waals surface area contributed by atoms with E-state index in [0.29, 0.717) is 20.8 Å². The zero-order valence-electron chi connectivity index (χ0n) is 19.3. The van der Waals surface area contributed by atoms with Gasteiger partial charge in [0.1, 0.15) is 5.25 Å². The highest BCUT2D eigenvalue weighted by Crippen LogP contribution is 2.37. The third kappa shape index (κ3) is 7.24. The Balaban J connectivity index is 1.49. The van der Waals surface area contributed by atoms with Crippen molar-refractivity contribution in [2.24, 2.45) is 0 Å². The Kier molecular flexibility index (Phi) is 8.88. The lowest BCUT2D eigenvalue weighted by Crippen LogP contribution is -2.19. The SMILES string of the molecule is Cc1ccc(NC(=S)Nc2cccc(SC(C(=O)Nc3ccc(Cl)c(Cl)c3)c3ccccc3)c2)cc1. The number of aryl methyl sites for hydroxylation is 1. The molecule has 0 saturated heterocycles. The van der Waals surface area contributed by atoms with Crippen molar-refractivity contribution >= 4 is 75.3 Å². The molecule has 4 nitrogen and oxygen atoms in total. The summed E-state index contributed by atoms with van der Waals surface area (Å²) in [4.78, 5) is 14.3. The van der Waals surface area contributed by atoms with Crippen LogP contribution in [0.15, 0.2) is 102 Å². The van der Waals surface area contributed by atoms with Crippen molar-refractivity contribution < 1.29 is 4.79 Å². The predicted molar refractivity (Wildman–Crippen MR) is 158 cm³/mol. The first-order valence-electron chi connectivity index (χ1n) is 11.1. The predicted octanol–water partition coefficient (Wildman–Crippen LogP) is 8.58. The summed E-state index contributed by atoms with van der Waals surface area (Å²) in [5.41, 5.74) is 4.38. The minimum absolute atomic E-state index is 0.167. The second-order valence-electron chi connectivity index (χ2n) is 8.00. The number of amides is 1. The van der Waals surface area contributed by atoms with Gasteiger partial charge in [-0.2, -0.15) is 0 Å². The first kappa shape index (κ1) is 26.0. The molecule has 0 saturated carbocycles. The number of carbonyl (C=O) groups is 1. The Bertz CT molecular complexity index is 1370. The topological polar surface area (TPSA) is 53.2 Å². The van der Waals surface area contributed by atoms with Crippen LogP contribution in [-0.4, -0.2) is 11.0 Å². The van der Waals surface area contributed by atoms with Gasteiger partial charge in [-0.25, -0.2) is 0 Å². The average molecular weight is 553 g/mol. The summed E-state index contributed by atoms with van der Waals surface area (Å²) < 4.78 is 0. The third-order valence-electron chi connectivity index (χ3n) is 5.18. The van der Waals surface area contributed by atoms with Gasteiger partial charge in [-0.05, 0) is 73.2 Å². The van der Waals surface area contributed by atoms with Crippen LogP contribution >= 0.6 is 47.2 Å². The highest BCUT2D eigenvalue weighted by Gasteiger charge is 2.22. The number of nitrogens with one attached hydrogen (secondary N) is 3. The first-order valence-corrected chi connectivity index (χ1v) is 13.1. The molecule has 4 rings (SSSR count). The molecule has 1 unspecified atom stereocenters. The number of thiocarbonyl (C=S) groups is 1.